The van der Waals surface area contributed by atoms with Gasteiger partial charge in [-0.15, -0.1) is 0 Å². The third-order valence-electron chi connectivity index (χ3n) is 2.13. The van der Waals surface area contributed by atoms with Crippen LogP contribution in [0.3, 0.4) is 0 Å². The molecule has 0 N–H and O–H groups in total. The summed E-state index contributed by atoms with van der Waals surface area (Å²) < 4.78 is 0. The lowest BCUT2D eigenvalue weighted by atomic mass is 9.89. The lowest BCUT2D eigenvalue weighted by Crippen LogP contribution is -2.06. The number of hydrogen-bond donors (Lipinski definition) is 0. The molecular formula is C12H28. The van der Waals surface area contributed by atoms with Gasteiger partial charge in [-0.25, -0.2) is 0 Å². The molecule has 0 nitrogen and oxygen atoms in total. The van der Waals surface area contributed by atoms with E-state index in [1.165, 1.54) is 25.7 Å². The average molecular weight is 172 g/mol. The van der Waals surface area contributed by atoms with E-state index in [2.05, 4.69) is 41.5 Å². The van der Waals surface area contributed by atoms with E-state index in [-0.39, 0.29) is 0 Å². The molecule has 0 saturated heterocycles. The maximum absolute atomic E-state index is 2.32. The summed E-state index contributed by atoms with van der Waals surface area (Å²) in [6.07, 6.45) is 5.36. The Kier molecular flexibility index (Phi) is 13.3. The van der Waals surface area contributed by atoms with Gasteiger partial charge in [0.1, 0.15) is 0 Å². The minimum absolute atomic E-state index is 0.884. The first-order valence-electron chi connectivity index (χ1n) is 5.63. The van der Waals surface area contributed by atoms with Gasteiger partial charge < -0.3 is 0 Å². The Morgan fingerprint density at radius 3 is 1.42 bits per heavy atom. The molecule has 1 unspecified atom stereocenters. The van der Waals surface area contributed by atoms with Gasteiger partial charge in [-0.1, -0.05) is 67.2 Å². The van der Waals surface area contributed by atoms with Crippen LogP contribution in [0.15, 0.2) is 0 Å². The van der Waals surface area contributed by atoms with E-state index in [1.54, 1.807) is 0 Å². The Morgan fingerprint density at radius 1 is 0.917 bits per heavy atom. The highest BCUT2D eigenvalue weighted by atomic mass is 14.1. The van der Waals surface area contributed by atoms with Crippen LogP contribution in [0.1, 0.15) is 67.2 Å². The molecule has 0 saturated carbocycles. The normalized spacial score (nSPS) is 12.2. The van der Waals surface area contributed by atoms with Gasteiger partial charge in [-0.3, -0.25) is 0 Å². The van der Waals surface area contributed by atoms with Crippen LogP contribution in [-0.2, 0) is 0 Å². The summed E-state index contributed by atoms with van der Waals surface area (Å²) in [6.45, 7) is 13.5. The lowest BCUT2D eigenvalue weighted by Gasteiger charge is -2.17. The predicted octanol–water partition coefficient (Wildman–Crippen LogP) is 4.89. The van der Waals surface area contributed by atoms with Gasteiger partial charge in [-0.05, 0) is 11.8 Å². The van der Waals surface area contributed by atoms with Gasteiger partial charge in [-0.2, -0.15) is 0 Å². The standard InChI is InChI=1S/C9H20.C3H8/c1-5-7-9(6-2)8(3)4;1-3-2/h8-9H,5-7H2,1-4H3;3H2,1-2H3. The summed E-state index contributed by atoms with van der Waals surface area (Å²) in [5.41, 5.74) is 0. The summed E-state index contributed by atoms with van der Waals surface area (Å²) in [6, 6.07) is 0. The summed E-state index contributed by atoms with van der Waals surface area (Å²) in [7, 11) is 0. The minimum Gasteiger partial charge on any atom is -0.0656 e. The first-order chi connectivity index (χ1) is 5.63. The molecule has 0 amide bonds. The van der Waals surface area contributed by atoms with Crippen LogP contribution in [-0.4, -0.2) is 0 Å². The topological polar surface area (TPSA) is 0 Å². The van der Waals surface area contributed by atoms with E-state index in [0.717, 1.165) is 11.8 Å². The predicted molar refractivity (Wildman–Crippen MR) is 59.5 cm³/mol. The van der Waals surface area contributed by atoms with E-state index in [9.17, 15) is 0 Å². The van der Waals surface area contributed by atoms with Gasteiger partial charge in [0.15, 0.2) is 0 Å². The average Bonchev–Trinajstić information content (AvgIpc) is 2.01. The Hall–Kier alpha value is 0. The molecule has 0 aromatic heterocycles. The monoisotopic (exact) mass is 172 g/mol. The summed E-state index contributed by atoms with van der Waals surface area (Å²) in [5, 5.41) is 0. The number of rotatable bonds is 4. The molecule has 0 rings (SSSR count). The largest absolute Gasteiger partial charge is 0.0656 e. The van der Waals surface area contributed by atoms with Crippen molar-refractivity contribution >= 4 is 0 Å². The Labute approximate surface area is 79.8 Å². The van der Waals surface area contributed by atoms with Crippen LogP contribution in [0, 0.1) is 11.8 Å². The first kappa shape index (κ1) is 14.5. The van der Waals surface area contributed by atoms with E-state index in [0.29, 0.717) is 0 Å². The fourth-order valence-electron chi connectivity index (χ4n) is 1.38. The fourth-order valence-corrected chi connectivity index (χ4v) is 1.38. The summed E-state index contributed by atoms with van der Waals surface area (Å²) in [5.74, 6) is 1.85. The fraction of sp³-hybridized carbons (Fsp3) is 1.00. The van der Waals surface area contributed by atoms with Crippen molar-refractivity contribution in [1.29, 1.82) is 0 Å². The molecule has 0 bridgehead atoms. The SMILES string of the molecule is CCC.CCCC(CC)C(C)C. The van der Waals surface area contributed by atoms with E-state index in [4.69, 9.17) is 0 Å². The highest BCUT2D eigenvalue weighted by Gasteiger charge is 2.08. The quantitative estimate of drug-likeness (QED) is 0.566. The zero-order valence-electron chi connectivity index (χ0n) is 9.98. The third kappa shape index (κ3) is 10.0. The van der Waals surface area contributed by atoms with Crippen molar-refractivity contribution in [3.63, 3.8) is 0 Å². The molecule has 0 aromatic rings. The Balaban J connectivity index is 0. The van der Waals surface area contributed by atoms with Crippen LogP contribution in [0.4, 0.5) is 0 Å². The van der Waals surface area contributed by atoms with Gasteiger partial charge in [0.2, 0.25) is 0 Å². The molecule has 0 aliphatic heterocycles. The smallest absolute Gasteiger partial charge is 0.0394 e. The number of hydrogen-bond acceptors (Lipinski definition) is 0. The maximum Gasteiger partial charge on any atom is -0.0394 e. The molecule has 12 heavy (non-hydrogen) atoms. The molecular weight excluding hydrogens is 144 g/mol. The molecule has 0 aliphatic rings. The van der Waals surface area contributed by atoms with Gasteiger partial charge in [0.25, 0.3) is 0 Å². The van der Waals surface area contributed by atoms with Crippen LogP contribution in [0.2, 0.25) is 0 Å². The summed E-state index contributed by atoms with van der Waals surface area (Å²) in [4.78, 5) is 0. The van der Waals surface area contributed by atoms with Crippen LogP contribution in [0.25, 0.3) is 0 Å². The van der Waals surface area contributed by atoms with Crippen molar-refractivity contribution in [1.82, 2.24) is 0 Å². The van der Waals surface area contributed by atoms with E-state index >= 15 is 0 Å². The van der Waals surface area contributed by atoms with Gasteiger partial charge in [0.05, 0.1) is 0 Å². The van der Waals surface area contributed by atoms with E-state index in [1.807, 2.05) is 0 Å². The molecule has 0 fully saturated rings. The molecule has 0 heteroatoms. The van der Waals surface area contributed by atoms with Crippen molar-refractivity contribution in [3.8, 4) is 0 Å². The molecule has 76 valence electrons. The molecule has 1 atom stereocenters. The first-order valence-corrected chi connectivity index (χ1v) is 5.63. The third-order valence-corrected chi connectivity index (χ3v) is 2.13. The van der Waals surface area contributed by atoms with Crippen molar-refractivity contribution < 1.29 is 0 Å². The van der Waals surface area contributed by atoms with Crippen molar-refractivity contribution in [2.75, 3.05) is 0 Å². The summed E-state index contributed by atoms with van der Waals surface area (Å²) >= 11 is 0. The molecule has 0 radical (unpaired) electrons. The molecule has 0 spiro atoms. The molecule has 0 heterocycles. The van der Waals surface area contributed by atoms with Crippen LogP contribution in [0.5, 0.6) is 0 Å². The second kappa shape index (κ2) is 11.0. The highest BCUT2D eigenvalue weighted by molar-refractivity contribution is 4.59. The Morgan fingerprint density at radius 2 is 1.33 bits per heavy atom. The highest BCUT2D eigenvalue weighted by Crippen LogP contribution is 2.19. The van der Waals surface area contributed by atoms with Crippen molar-refractivity contribution in [3.05, 3.63) is 0 Å². The zero-order chi connectivity index (χ0) is 9.98. The second-order valence-electron chi connectivity index (χ2n) is 3.91. The zero-order valence-corrected chi connectivity index (χ0v) is 9.98. The van der Waals surface area contributed by atoms with Gasteiger partial charge in [0, 0.05) is 0 Å². The van der Waals surface area contributed by atoms with Crippen molar-refractivity contribution in [2.24, 2.45) is 11.8 Å². The van der Waals surface area contributed by atoms with Gasteiger partial charge >= 0.3 is 0 Å². The molecule has 0 aliphatic carbocycles. The maximum atomic E-state index is 2.32. The lowest BCUT2D eigenvalue weighted by molar-refractivity contribution is 0.346. The van der Waals surface area contributed by atoms with Crippen LogP contribution < -0.4 is 0 Å². The van der Waals surface area contributed by atoms with Crippen LogP contribution >= 0.6 is 0 Å². The Bertz CT molecular complexity index is 64.4. The minimum atomic E-state index is 0.884. The molecule has 0 aromatic carbocycles. The van der Waals surface area contributed by atoms with Crippen molar-refractivity contribution in [2.45, 2.75) is 67.2 Å². The van der Waals surface area contributed by atoms with E-state index < -0.39 is 0 Å². The second-order valence-corrected chi connectivity index (χ2v) is 3.91.